The lowest BCUT2D eigenvalue weighted by molar-refractivity contribution is -0.120. The molecular weight excluding hydrogens is 340 g/mol. The van der Waals surface area contributed by atoms with Crippen molar-refractivity contribution in [1.82, 2.24) is 10.2 Å². The fourth-order valence-corrected chi connectivity index (χ4v) is 3.89. The van der Waals surface area contributed by atoms with Crippen molar-refractivity contribution < 1.29 is 13.6 Å². The molecule has 0 spiro atoms. The zero-order valence-electron chi connectivity index (χ0n) is 15.7. The first-order valence-corrected chi connectivity index (χ1v) is 9.71. The van der Waals surface area contributed by atoms with Gasteiger partial charge in [0.15, 0.2) is 0 Å². The van der Waals surface area contributed by atoms with Crippen LogP contribution in [0.25, 0.3) is 11.0 Å². The maximum atomic E-state index is 12.6. The normalized spacial score (nSPS) is 16.5. The van der Waals surface area contributed by atoms with Crippen LogP contribution in [0.1, 0.15) is 42.2 Å². The Morgan fingerprint density at radius 2 is 2.04 bits per heavy atom. The molecule has 4 rings (SSSR count). The Kier molecular flexibility index (Phi) is 5.30. The van der Waals surface area contributed by atoms with Gasteiger partial charge in [-0.05, 0) is 56.6 Å². The van der Waals surface area contributed by atoms with E-state index in [1.54, 1.807) is 12.5 Å². The SMILES string of the molecule is Cc1ccc2c(CC(=O)NC[C@@H](c3ccco3)N3CCCCC3)coc2c1. The highest BCUT2D eigenvalue weighted by molar-refractivity contribution is 5.87. The van der Waals surface area contributed by atoms with Crippen molar-refractivity contribution in [2.75, 3.05) is 19.6 Å². The minimum Gasteiger partial charge on any atom is -0.468 e. The van der Waals surface area contributed by atoms with E-state index in [4.69, 9.17) is 8.83 Å². The highest BCUT2D eigenvalue weighted by atomic mass is 16.3. The van der Waals surface area contributed by atoms with Crippen molar-refractivity contribution in [3.8, 4) is 0 Å². The summed E-state index contributed by atoms with van der Waals surface area (Å²) in [4.78, 5) is 15.0. The van der Waals surface area contributed by atoms with Gasteiger partial charge in [0.25, 0.3) is 0 Å². The summed E-state index contributed by atoms with van der Waals surface area (Å²) in [5.41, 5.74) is 2.91. The quantitative estimate of drug-likeness (QED) is 0.710. The average molecular weight is 366 g/mol. The Hall–Kier alpha value is -2.53. The van der Waals surface area contributed by atoms with Crippen LogP contribution < -0.4 is 5.32 Å². The van der Waals surface area contributed by atoms with E-state index in [2.05, 4.69) is 10.2 Å². The van der Waals surface area contributed by atoms with Gasteiger partial charge in [-0.1, -0.05) is 18.6 Å². The average Bonchev–Trinajstić information content (AvgIpc) is 3.33. The molecule has 1 N–H and O–H groups in total. The first-order chi connectivity index (χ1) is 13.2. The number of aryl methyl sites for hydroxylation is 1. The Morgan fingerprint density at radius 1 is 1.19 bits per heavy atom. The number of carbonyl (C=O) groups excluding carboxylic acids is 1. The fourth-order valence-electron chi connectivity index (χ4n) is 3.89. The predicted molar refractivity (Wildman–Crippen MR) is 105 cm³/mol. The van der Waals surface area contributed by atoms with Crippen LogP contribution in [0.5, 0.6) is 0 Å². The summed E-state index contributed by atoms with van der Waals surface area (Å²) in [6.45, 7) is 4.69. The summed E-state index contributed by atoms with van der Waals surface area (Å²) in [6, 6.07) is 10.1. The van der Waals surface area contributed by atoms with Gasteiger partial charge in [0.05, 0.1) is 25.0 Å². The second-order valence-corrected chi connectivity index (χ2v) is 7.37. The third kappa shape index (κ3) is 4.08. The lowest BCUT2D eigenvalue weighted by Crippen LogP contribution is -2.40. The van der Waals surface area contributed by atoms with E-state index in [0.29, 0.717) is 13.0 Å². The maximum absolute atomic E-state index is 12.6. The molecule has 0 bridgehead atoms. The summed E-state index contributed by atoms with van der Waals surface area (Å²) >= 11 is 0. The van der Waals surface area contributed by atoms with Crippen molar-refractivity contribution >= 4 is 16.9 Å². The van der Waals surface area contributed by atoms with Crippen LogP contribution in [0.3, 0.4) is 0 Å². The van der Waals surface area contributed by atoms with Gasteiger partial charge in [0.1, 0.15) is 11.3 Å². The first-order valence-electron chi connectivity index (χ1n) is 9.71. The molecule has 1 atom stereocenters. The summed E-state index contributed by atoms with van der Waals surface area (Å²) < 4.78 is 11.3. The van der Waals surface area contributed by atoms with Gasteiger partial charge in [0.2, 0.25) is 5.91 Å². The van der Waals surface area contributed by atoms with Crippen LogP contribution in [0, 0.1) is 6.92 Å². The van der Waals surface area contributed by atoms with Gasteiger partial charge in [-0.15, -0.1) is 0 Å². The molecule has 1 saturated heterocycles. The van der Waals surface area contributed by atoms with Crippen LogP contribution in [-0.4, -0.2) is 30.4 Å². The number of rotatable bonds is 6. The van der Waals surface area contributed by atoms with E-state index in [1.807, 2.05) is 37.3 Å². The predicted octanol–water partition coefficient (Wildman–Crippen LogP) is 4.22. The Labute approximate surface area is 159 Å². The van der Waals surface area contributed by atoms with Crippen molar-refractivity contribution in [2.24, 2.45) is 0 Å². The van der Waals surface area contributed by atoms with Crippen molar-refractivity contribution in [2.45, 2.75) is 38.6 Å². The molecule has 27 heavy (non-hydrogen) atoms. The standard InChI is InChI=1S/C22H26N2O3/c1-16-7-8-18-17(15-27-21(18)12-16)13-22(25)23-14-19(20-6-5-11-26-20)24-9-3-2-4-10-24/h5-8,11-12,15,19H,2-4,9-10,13-14H2,1H3,(H,23,25)/t19-/m0/s1. The largest absolute Gasteiger partial charge is 0.468 e. The molecular formula is C22H26N2O3. The van der Waals surface area contributed by atoms with Crippen LogP contribution in [0.4, 0.5) is 0 Å². The van der Waals surface area contributed by atoms with Gasteiger partial charge in [-0.3, -0.25) is 9.69 Å². The van der Waals surface area contributed by atoms with E-state index in [0.717, 1.165) is 40.9 Å². The van der Waals surface area contributed by atoms with E-state index in [-0.39, 0.29) is 11.9 Å². The zero-order chi connectivity index (χ0) is 18.6. The minimum atomic E-state index is 0.00633. The highest BCUT2D eigenvalue weighted by Gasteiger charge is 2.25. The van der Waals surface area contributed by atoms with Gasteiger partial charge in [-0.25, -0.2) is 0 Å². The van der Waals surface area contributed by atoms with Crippen LogP contribution in [0.15, 0.2) is 51.7 Å². The molecule has 0 saturated carbocycles. The number of benzene rings is 1. The Balaban J connectivity index is 1.41. The number of carbonyl (C=O) groups is 1. The number of likely N-dealkylation sites (tertiary alicyclic amines) is 1. The summed E-state index contributed by atoms with van der Waals surface area (Å²) in [5, 5.41) is 4.11. The van der Waals surface area contributed by atoms with Gasteiger partial charge < -0.3 is 14.2 Å². The van der Waals surface area contributed by atoms with E-state index in [9.17, 15) is 4.79 Å². The minimum absolute atomic E-state index is 0.00633. The Bertz CT molecular complexity index is 892. The number of fused-ring (bicyclic) bond motifs is 1. The smallest absolute Gasteiger partial charge is 0.224 e. The third-order valence-corrected chi connectivity index (χ3v) is 5.36. The summed E-state index contributed by atoms with van der Waals surface area (Å²) in [6.07, 6.45) is 7.39. The first kappa shape index (κ1) is 17.9. The molecule has 1 fully saturated rings. The molecule has 1 aliphatic rings. The van der Waals surface area contributed by atoms with Gasteiger partial charge >= 0.3 is 0 Å². The molecule has 0 unspecified atom stereocenters. The maximum Gasteiger partial charge on any atom is 0.224 e. The molecule has 0 aliphatic carbocycles. The van der Waals surface area contributed by atoms with Gasteiger partial charge in [-0.2, -0.15) is 0 Å². The number of hydrogen-bond donors (Lipinski definition) is 1. The molecule has 1 aromatic carbocycles. The fraction of sp³-hybridized carbons (Fsp3) is 0.409. The van der Waals surface area contributed by atoms with Crippen LogP contribution in [0.2, 0.25) is 0 Å². The lowest BCUT2D eigenvalue weighted by Gasteiger charge is -2.33. The number of furan rings is 2. The molecule has 1 amide bonds. The summed E-state index contributed by atoms with van der Waals surface area (Å²) in [7, 11) is 0. The Morgan fingerprint density at radius 3 is 2.81 bits per heavy atom. The third-order valence-electron chi connectivity index (χ3n) is 5.36. The van der Waals surface area contributed by atoms with Crippen LogP contribution in [-0.2, 0) is 11.2 Å². The summed E-state index contributed by atoms with van der Waals surface area (Å²) in [5.74, 6) is 0.924. The molecule has 0 radical (unpaired) electrons. The number of hydrogen-bond acceptors (Lipinski definition) is 4. The van der Waals surface area contributed by atoms with Crippen molar-refractivity contribution in [1.29, 1.82) is 0 Å². The number of amides is 1. The molecule has 5 heteroatoms. The second-order valence-electron chi connectivity index (χ2n) is 7.37. The topological polar surface area (TPSA) is 58.6 Å². The van der Waals surface area contributed by atoms with Crippen LogP contribution >= 0.6 is 0 Å². The molecule has 1 aliphatic heterocycles. The van der Waals surface area contributed by atoms with E-state index < -0.39 is 0 Å². The lowest BCUT2D eigenvalue weighted by atomic mass is 10.1. The van der Waals surface area contributed by atoms with E-state index >= 15 is 0 Å². The second kappa shape index (κ2) is 8.01. The number of nitrogens with one attached hydrogen (secondary N) is 1. The molecule has 3 aromatic rings. The number of nitrogens with zero attached hydrogens (tertiary/aromatic N) is 1. The monoisotopic (exact) mass is 366 g/mol. The molecule has 5 nitrogen and oxygen atoms in total. The zero-order valence-corrected chi connectivity index (χ0v) is 15.7. The number of piperidine rings is 1. The van der Waals surface area contributed by atoms with Crippen molar-refractivity contribution in [3.63, 3.8) is 0 Å². The van der Waals surface area contributed by atoms with Crippen molar-refractivity contribution in [3.05, 3.63) is 59.7 Å². The molecule has 142 valence electrons. The molecule has 2 aromatic heterocycles. The highest BCUT2D eigenvalue weighted by Crippen LogP contribution is 2.25. The van der Waals surface area contributed by atoms with Gasteiger partial charge in [0, 0.05) is 17.5 Å². The van der Waals surface area contributed by atoms with E-state index in [1.165, 1.54) is 19.3 Å². The molecule has 3 heterocycles.